The Morgan fingerprint density at radius 2 is 0.500 bits per heavy atom. The lowest BCUT2D eigenvalue weighted by Gasteiger charge is -2.45. The maximum Gasteiger partial charge on any atom is 0.338 e. The summed E-state index contributed by atoms with van der Waals surface area (Å²) in [4.78, 5) is 60.4. The van der Waals surface area contributed by atoms with Crippen molar-refractivity contribution in [3.8, 4) is 172 Å². The van der Waals surface area contributed by atoms with Gasteiger partial charge in [-0.1, -0.05) is 36.4 Å². The summed E-state index contributed by atoms with van der Waals surface area (Å²) in [7, 11) is 0. The Morgan fingerprint density at radius 1 is 0.238 bits per heavy atom. The smallest absolute Gasteiger partial charge is 0.338 e. The molecule has 0 fully saturated rings. The number of hydrogen-bond donors (Lipinski definition) is 26. The van der Waals surface area contributed by atoms with Crippen LogP contribution in [0.3, 0.4) is 0 Å². The monoisotopic (exact) mass is 1730 g/mol. The van der Waals surface area contributed by atoms with Gasteiger partial charge in [0.2, 0.25) is 0 Å². The molecule has 4 aliphatic heterocycles. The van der Waals surface area contributed by atoms with Gasteiger partial charge in [0.15, 0.2) is 129 Å². The highest BCUT2D eigenvalue weighted by atomic mass is 16.6. The first-order chi connectivity index (χ1) is 59.8. The summed E-state index contributed by atoms with van der Waals surface area (Å²) in [6, 6.07) is 23.8. The fourth-order valence-electron chi connectivity index (χ4n) is 16.2. The quantitative estimate of drug-likeness (QED) is 0.0257. The number of phenolic OH excluding ortho intramolecular Hbond substituents is 26. The Balaban J connectivity index is 1.02. The first-order valence-corrected chi connectivity index (χ1v) is 37.3. The van der Waals surface area contributed by atoms with Crippen molar-refractivity contribution in [3.63, 3.8) is 0 Å². The average Bonchev–Trinajstić information content (AvgIpc) is 0.700. The maximum atomic E-state index is 15.5. The van der Waals surface area contributed by atoms with E-state index < -0.39 is 330 Å². The van der Waals surface area contributed by atoms with E-state index in [9.17, 15) is 138 Å². The Bertz CT molecular complexity index is 6410. The Kier molecular flexibility index (Phi) is 20.2. The Hall–Kier alpha value is -17.5. The fraction of sp³-hybridized carbons (Fsp3) is 0.136. The standard InChI is InChI=1S/C88H66O38/c89-37-7-1-29(2-8-37)76-82(124-86(116)34-17-53(104)72(112)54(105)18-34)67(61-43(94)23-40(92)24-59(61)119-76)63-45(96)27-47(98)65-69(84(78(122-80(63)65)31-5-11-39(91)12-6-31)126-88(118)36-21-57(108)74(114)58(109)22-36)66-48(99)28-46(97)64-68(83(77(123-81(64)66)30-3-9-38(90)10-4-30)125-87(117)35-19-55(106)73(113)56(107)20-35)62-44(95)26-42(93)41-25-60(120-85(115)33-15-51(102)71(111)52(103)16-33)75(121-79(41)62)32-13-49(100)70(110)50(101)14-32/h1-24,26-28,60,67-69,75-78,82-84,89-114H,25H2/t60-,67+,68-,69-,75+,76+,77+,78+,82-,83+,84+/m0/s1. The first kappa shape index (κ1) is 82.2. The molecular weight excluding hydrogens is 1660 g/mol. The van der Waals surface area contributed by atoms with Crippen LogP contribution in [-0.4, -0.2) is 181 Å². The number of phenols is 26. The zero-order valence-electron chi connectivity index (χ0n) is 63.7. The third-order valence-corrected chi connectivity index (χ3v) is 21.9. The number of aromatic hydroxyl groups is 26. The van der Waals surface area contributed by atoms with Gasteiger partial charge in [0, 0.05) is 81.3 Å². The van der Waals surface area contributed by atoms with Crippen LogP contribution in [0.1, 0.15) is 145 Å². The first-order valence-electron chi connectivity index (χ1n) is 37.3. The predicted octanol–water partition coefficient (Wildman–Crippen LogP) is 10.4. The van der Waals surface area contributed by atoms with Crippen LogP contribution in [0.15, 0.2) is 164 Å². The van der Waals surface area contributed by atoms with Crippen LogP contribution in [0.4, 0.5) is 0 Å². The fourth-order valence-corrected chi connectivity index (χ4v) is 16.2. The van der Waals surface area contributed by atoms with E-state index in [0.29, 0.717) is 66.7 Å². The van der Waals surface area contributed by atoms with Gasteiger partial charge in [-0.15, -0.1) is 0 Å². The maximum absolute atomic E-state index is 15.5. The minimum absolute atomic E-state index is 0.0380. The topological polar surface area (TPSA) is 668 Å². The minimum atomic E-state index is -2.47. The number of benzene rings is 12. The van der Waals surface area contributed by atoms with E-state index in [2.05, 4.69) is 0 Å². The van der Waals surface area contributed by atoms with E-state index in [1.807, 2.05) is 0 Å². The van der Waals surface area contributed by atoms with Crippen LogP contribution in [-0.2, 0) is 25.4 Å². The number of ether oxygens (including phenoxy) is 8. The van der Waals surface area contributed by atoms with E-state index in [4.69, 9.17) is 37.9 Å². The van der Waals surface area contributed by atoms with E-state index in [1.165, 1.54) is 12.1 Å². The zero-order valence-corrected chi connectivity index (χ0v) is 63.7. The van der Waals surface area contributed by atoms with Gasteiger partial charge in [0.05, 0.1) is 40.0 Å². The summed E-state index contributed by atoms with van der Waals surface area (Å²) < 4.78 is 52.9. The van der Waals surface area contributed by atoms with Crippen molar-refractivity contribution in [1.29, 1.82) is 0 Å². The molecule has 4 aliphatic rings. The van der Waals surface area contributed by atoms with E-state index in [1.54, 1.807) is 0 Å². The molecule has 0 saturated carbocycles. The van der Waals surface area contributed by atoms with E-state index >= 15 is 14.4 Å². The molecule has 126 heavy (non-hydrogen) atoms. The summed E-state index contributed by atoms with van der Waals surface area (Å²) in [5.41, 5.74) is -9.24. The number of esters is 4. The van der Waals surface area contributed by atoms with Crippen molar-refractivity contribution in [2.24, 2.45) is 0 Å². The molecule has 0 spiro atoms. The lowest BCUT2D eigenvalue weighted by Crippen LogP contribution is -2.43. The largest absolute Gasteiger partial charge is 0.508 e. The van der Waals surface area contributed by atoms with Crippen LogP contribution >= 0.6 is 0 Å². The molecule has 26 N–H and O–H groups in total. The molecule has 0 amide bonds. The van der Waals surface area contributed by atoms with Crippen LogP contribution in [0, 0.1) is 0 Å². The summed E-state index contributed by atoms with van der Waals surface area (Å²) >= 11 is 0. The van der Waals surface area contributed by atoms with Crippen molar-refractivity contribution in [3.05, 3.63) is 247 Å². The zero-order chi connectivity index (χ0) is 90.1. The number of hydrogen-bond acceptors (Lipinski definition) is 38. The van der Waals surface area contributed by atoms with Gasteiger partial charge < -0.3 is 171 Å². The minimum Gasteiger partial charge on any atom is -0.508 e. The number of fused-ring (bicyclic) bond motifs is 4. The second-order valence-electron chi connectivity index (χ2n) is 29.6. The van der Waals surface area contributed by atoms with Crippen LogP contribution in [0.2, 0.25) is 0 Å². The second-order valence-corrected chi connectivity index (χ2v) is 29.6. The summed E-state index contributed by atoms with van der Waals surface area (Å²) in [6.07, 6.45) is -18.1. The molecule has 38 heteroatoms. The van der Waals surface area contributed by atoms with Crippen molar-refractivity contribution in [2.75, 3.05) is 0 Å². The number of carbonyl (C=O) groups is 4. The third-order valence-electron chi connectivity index (χ3n) is 21.9. The van der Waals surface area contributed by atoms with Crippen LogP contribution < -0.4 is 18.9 Å². The number of carbonyl (C=O) groups excluding carboxylic acids is 4. The van der Waals surface area contributed by atoms with Gasteiger partial charge >= 0.3 is 23.9 Å². The molecule has 12 aromatic carbocycles. The molecule has 11 atom stereocenters. The van der Waals surface area contributed by atoms with Crippen molar-refractivity contribution in [2.45, 2.75) is 73.0 Å². The highest BCUT2D eigenvalue weighted by Crippen LogP contribution is 2.67. The van der Waals surface area contributed by atoms with Crippen LogP contribution in [0.25, 0.3) is 0 Å². The summed E-state index contributed by atoms with van der Waals surface area (Å²) in [6.45, 7) is 0. The molecule has 0 unspecified atom stereocenters. The molecule has 0 aromatic heterocycles. The van der Waals surface area contributed by atoms with E-state index in [-0.39, 0.29) is 22.4 Å². The van der Waals surface area contributed by atoms with Gasteiger partial charge in [0.25, 0.3) is 0 Å². The molecule has 38 nitrogen and oxygen atoms in total. The third kappa shape index (κ3) is 14.2. The SMILES string of the molecule is O=C(O[C@@H]1[C@H](c2c(O)cc(O)c3c2O[C@H](c2ccc(O)cc2)[C@H](OC(=O)c2cc(O)c(O)c(O)c2)[C@H]3c2c(O)cc(O)c3c2O[C@H](c2cc(O)c(O)c(O)c2)[C@@H](OC(=O)c2cc(O)c(O)c(O)c2)C3)c2c(O)cc(O)c([C@H]3c4c(O)cc(O)cc4O[C@H](c4ccc(O)cc4)[C@H]3OC(=O)c3cc(O)c(O)c(O)c3)c2O[C@@H]1c1ccc(O)cc1)c1cc(O)c(O)c(O)c1. The van der Waals surface area contributed by atoms with Crippen molar-refractivity contribution in [1.82, 2.24) is 0 Å². The van der Waals surface area contributed by atoms with Gasteiger partial charge in [-0.3, -0.25) is 0 Å². The van der Waals surface area contributed by atoms with Gasteiger partial charge in [-0.05, 0) is 114 Å². The second kappa shape index (κ2) is 31.0. The van der Waals surface area contributed by atoms with Crippen molar-refractivity contribution < 1.29 is 190 Å². The Morgan fingerprint density at radius 3 is 0.825 bits per heavy atom. The number of rotatable bonds is 15. The summed E-state index contributed by atoms with van der Waals surface area (Å²) in [5, 5.41) is 297. The summed E-state index contributed by atoms with van der Waals surface area (Å²) in [5.74, 6) is -42.8. The van der Waals surface area contributed by atoms with Gasteiger partial charge in [0.1, 0.15) is 92.3 Å². The van der Waals surface area contributed by atoms with E-state index in [0.717, 1.165) is 84.9 Å². The predicted molar refractivity (Wildman–Crippen MR) is 420 cm³/mol. The molecule has 0 bridgehead atoms. The highest BCUT2D eigenvalue weighted by Gasteiger charge is 2.57. The van der Waals surface area contributed by atoms with Gasteiger partial charge in [-0.25, -0.2) is 19.2 Å². The molecular formula is C88H66O38. The lowest BCUT2D eigenvalue weighted by atomic mass is 9.71. The lowest BCUT2D eigenvalue weighted by molar-refractivity contribution is -0.0363. The molecule has 12 aromatic rings. The van der Waals surface area contributed by atoms with Crippen LogP contribution in [0.5, 0.6) is 172 Å². The normalized spacial score (nSPS) is 19.6. The Labute approximate surface area is 703 Å². The molecule has 0 aliphatic carbocycles. The molecule has 4 heterocycles. The molecule has 0 saturated heterocycles. The molecule has 0 radical (unpaired) electrons. The average molecular weight is 1730 g/mol. The molecule has 16 rings (SSSR count). The highest BCUT2D eigenvalue weighted by molar-refractivity contribution is 5.94. The van der Waals surface area contributed by atoms with Gasteiger partial charge in [-0.2, -0.15) is 0 Å². The van der Waals surface area contributed by atoms with Crippen molar-refractivity contribution >= 4 is 23.9 Å². The molecule has 646 valence electrons.